The highest BCUT2D eigenvalue weighted by Gasteiger charge is 2.90. The molecule has 7 unspecified atom stereocenters. The average molecular weight is 463 g/mol. The summed E-state index contributed by atoms with van der Waals surface area (Å²) in [4.78, 5) is 3.78. The number of nitrogens with one attached hydrogen (secondary N) is 2. The summed E-state index contributed by atoms with van der Waals surface area (Å²) in [5.41, 5.74) is 5.77. The fraction of sp³-hybridized carbons (Fsp3) is 0.609. The molecule has 7 nitrogen and oxygen atoms in total. The number of hydrogen-bond donors (Lipinski definition) is 3. The van der Waals surface area contributed by atoms with Crippen LogP contribution >= 0.6 is 0 Å². The lowest BCUT2D eigenvalue weighted by molar-refractivity contribution is -0.937. The first-order chi connectivity index (χ1) is 15.7. The zero-order valence-electron chi connectivity index (χ0n) is 19.1. The van der Waals surface area contributed by atoms with Gasteiger partial charge in [-0.1, -0.05) is 5.10 Å². The van der Waals surface area contributed by atoms with Crippen molar-refractivity contribution in [2.24, 2.45) is 28.3 Å². The average Bonchev–Trinajstić information content (AvgIpc) is 3.28. The Kier molecular flexibility index (Phi) is 5.28. The Bertz CT molecular complexity index is 1040. The Morgan fingerprint density at radius 3 is 2.85 bits per heavy atom. The van der Waals surface area contributed by atoms with Gasteiger partial charge in [0.15, 0.2) is 0 Å². The number of nitrogens with zero attached hydrogens (tertiary/aromatic N) is 4. The number of aromatic nitrogens is 3. The van der Waals surface area contributed by atoms with Gasteiger partial charge in [-0.2, -0.15) is 18.3 Å². The molecule has 3 fully saturated rings. The van der Waals surface area contributed by atoms with Gasteiger partial charge in [0, 0.05) is 42.5 Å². The Morgan fingerprint density at radius 2 is 2.21 bits per heavy atom. The molecule has 0 aliphatic heterocycles. The van der Waals surface area contributed by atoms with Crippen molar-refractivity contribution in [3.05, 3.63) is 41.9 Å². The second-order valence-corrected chi connectivity index (χ2v) is 9.88. The quantitative estimate of drug-likeness (QED) is 0.393. The van der Waals surface area contributed by atoms with E-state index in [1.54, 1.807) is 6.92 Å². The molecule has 0 aromatic carbocycles. The molecule has 0 saturated heterocycles. The van der Waals surface area contributed by atoms with Crippen LogP contribution in [0.15, 0.2) is 35.8 Å². The SMILES string of the molecule is CNCCC(C)[NH+](CC12C3CC1C2C3n1cccn1)N=C(C)c1cnc(N)c(C(F)(F)F)c1. The minimum atomic E-state index is -4.55. The molecule has 10 heteroatoms. The zero-order valence-corrected chi connectivity index (χ0v) is 19.1. The molecule has 33 heavy (non-hydrogen) atoms. The van der Waals surface area contributed by atoms with Gasteiger partial charge in [-0.05, 0) is 57.2 Å². The molecule has 0 amide bonds. The van der Waals surface area contributed by atoms with E-state index >= 15 is 0 Å². The molecule has 3 aliphatic rings. The van der Waals surface area contributed by atoms with Crippen LogP contribution in [0.1, 0.15) is 43.9 Å². The summed E-state index contributed by atoms with van der Waals surface area (Å²) in [6, 6.07) is 3.75. The molecule has 0 radical (unpaired) electrons. The molecule has 3 saturated carbocycles. The van der Waals surface area contributed by atoms with Gasteiger partial charge in [-0.25, -0.2) is 9.99 Å². The molecule has 2 aromatic rings. The second kappa shape index (κ2) is 7.80. The highest BCUT2D eigenvalue weighted by molar-refractivity contribution is 5.98. The monoisotopic (exact) mass is 462 g/mol. The molecule has 0 spiro atoms. The number of hydrogen-bond acceptors (Lipinski definition) is 5. The van der Waals surface area contributed by atoms with Crippen molar-refractivity contribution in [2.75, 3.05) is 25.9 Å². The number of fused-ring (bicyclic) bond motifs is 1. The Balaban J connectivity index is 1.38. The lowest BCUT2D eigenvalue weighted by atomic mass is 9.62. The zero-order chi connectivity index (χ0) is 23.5. The van der Waals surface area contributed by atoms with Crippen molar-refractivity contribution < 1.29 is 18.2 Å². The van der Waals surface area contributed by atoms with Crippen LogP contribution in [0.2, 0.25) is 0 Å². The number of rotatable bonds is 9. The first kappa shape index (κ1) is 22.3. The number of halogens is 3. The summed E-state index contributed by atoms with van der Waals surface area (Å²) in [7, 11) is 1.92. The molecule has 0 bridgehead atoms. The van der Waals surface area contributed by atoms with Crippen molar-refractivity contribution in [3.63, 3.8) is 0 Å². The predicted molar refractivity (Wildman–Crippen MR) is 118 cm³/mol. The summed E-state index contributed by atoms with van der Waals surface area (Å²) in [5, 5.41) is 13.7. The van der Waals surface area contributed by atoms with Crippen LogP contribution < -0.4 is 16.1 Å². The van der Waals surface area contributed by atoms with Crippen LogP contribution in [0.5, 0.6) is 0 Å². The number of quaternary nitrogens is 1. The summed E-state index contributed by atoms with van der Waals surface area (Å²) < 4.78 is 42.1. The van der Waals surface area contributed by atoms with Crippen LogP contribution in [-0.2, 0) is 6.18 Å². The van der Waals surface area contributed by atoms with E-state index < -0.39 is 17.6 Å². The van der Waals surface area contributed by atoms with Gasteiger partial charge < -0.3 is 11.1 Å². The third-order valence-corrected chi connectivity index (χ3v) is 8.28. The van der Waals surface area contributed by atoms with Crippen molar-refractivity contribution in [3.8, 4) is 0 Å². The highest BCUT2D eigenvalue weighted by atomic mass is 19.4. The van der Waals surface area contributed by atoms with Crippen molar-refractivity contribution >= 4 is 11.5 Å². The summed E-state index contributed by atoms with van der Waals surface area (Å²) in [6.07, 6.45) is 2.89. The van der Waals surface area contributed by atoms with Crippen LogP contribution in [-0.4, -0.2) is 46.7 Å². The fourth-order valence-electron chi connectivity index (χ4n) is 6.47. The Hall–Kier alpha value is -2.46. The van der Waals surface area contributed by atoms with E-state index in [-0.39, 0.29) is 6.04 Å². The molecule has 178 valence electrons. The third-order valence-electron chi connectivity index (χ3n) is 8.28. The van der Waals surface area contributed by atoms with Crippen LogP contribution in [0.4, 0.5) is 19.0 Å². The number of nitrogen functional groups attached to an aromatic ring is 1. The van der Waals surface area contributed by atoms with Gasteiger partial charge in [-0.15, -0.1) is 0 Å². The molecule has 5 rings (SSSR count). The van der Waals surface area contributed by atoms with E-state index in [1.807, 2.05) is 19.3 Å². The normalized spacial score (nSPS) is 31.9. The van der Waals surface area contributed by atoms with Gasteiger partial charge in [0.05, 0.1) is 11.6 Å². The minimum Gasteiger partial charge on any atom is -0.383 e. The number of nitrogens with two attached hydrogens (primary N) is 1. The van der Waals surface area contributed by atoms with Crippen LogP contribution in [0.3, 0.4) is 0 Å². The summed E-state index contributed by atoms with van der Waals surface area (Å²) in [6.45, 7) is 5.69. The summed E-state index contributed by atoms with van der Waals surface area (Å²) >= 11 is 0. The number of anilines is 1. The molecule has 2 heterocycles. The van der Waals surface area contributed by atoms with Crippen LogP contribution in [0, 0.1) is 23.2 Å². The van der Waals surface area contributed by atoms with E-state index in [4.69, 9.17) is 10.8 Å². The summed E-state index contributed by atoms with van der Waals surface area (Å²) in [5.74, 6) is 1.46. The second-order valence-electron chi connectivity index (χ2n) is 9.88. The first-order valence-corrected chi connectivity index (χ1v) is 11.6. The van der Waals surface area contributed by atoms with Gasteiger partial charge in [0.1, 0.15) is 24.1 Å². The van der Waals surface area contributed by atoms with Crippen molar-refractivity contribution in [1.82, 2.24) is 20.1 Å². The first-order valence-electron chi connectivity index (χ1n) is 11.6. The van der Waals surface area contributed by atoms with Crippen LogP contribution in [0.25, 0.3) is 0 Å². The lowest BCUT2D eigenvalue weighted by Gasteiger charge is -2.47. The van der Waals surface area contributed by atoms with E-state index in [9.17, 15) is 13.2 Å². The maximum Gasteiger partial charge on any atom is 0.419 e. The number of pyridine rings is 1. The molecule has 3 aliphatic carbocycles. The van der Waals surface area contributed by atoms with Gasteiger partial charge in [-0.3, -0.25) is 4.68 Å². The van der Waals surface area contributed by atoms with Crippen molar-refractivity contribution in [1.29, 1.82) is 0 Å². The Morgan fingerprint density at radius 1 is 1.42 bits per heavy atom. The van der Waals surface area contributed by atoms with E-state index in [2.05, 4.69) is 33.2 Å². The maximum absolute atomic E-state index is 13.3. The van der Waals surface area contributed by atoms with Gasteiger partial charge >= 0.3 is 6.18 Å². The highest BCUT2D eigenvalue weighted by Crippen LogP contribution is 2.90. The smallest absolute Gasteiger partial charge is 0.383 e. The van der Waals surface area contributed by atoms with Crippen molar-refractivity contribution in [2.45, 2.75) is 44.9 Å². The van der Waals surface area contributed by atoms with Gasteiger partial charge in [0.25, 0.3) is 0 Å². The standard InChI is InChI=1S/C23H30F3N7/c1-13(5-7-28-3)33(31-14(2)15-9-18(23(24,25)26)21(27)29-11-15)12-22-16-10-17(22)20(19(16)22)32-8-4-6-30-32/h4,6,8-9,11,13,16-17,19-20,28H,5,7,10,12H2,1-3H3,(H2,27,29)/p+1. The molecular weight excluding hydrogens is 431 g/mol. The Labute approximate surface area is 191 Å². The maximum atomic E-state index is 13.3. The topological polar surface area (TPSA) is 85.6 Å². The fourth-order valence-corrected chi connectivity index (χ4v) is 6.47. The predicted octanol–water partition coefficient (Wildman–Crippen LogP) is 1.99. The molecule has 7 atom stereocenters. The number of alkyl halides is 3. The molecular formula is C23H31F3N7+. The van der Waals surface area contributed by atoms with E-state index in [0.29, 0.717) is 40.5 Å². The van der Waals surface area contributed by atoms with Gasteiger partial charge in [0.2, 0.25) is 0 Å². The lowest BCUT2D eigenvalue weighted by Crippen LogP contribution is -3.13. The minimum absolute atomic E-state index is 0.231. The largest absolute Gasteiger partial charge is 0.419 e. The van der Waals surface area contributed by atoms with E-state index in [0.717, 1.165) is 30.6 Å². The molecule has 4 N–H and O–H groups in total. The van der Waals surface area contributed by atoms with E-state index in [1.165, 1.54) is 12.6 Å². The molecule has 2 aromatic heterocycles. The third kappa shape index (κ3) is 3.45.